The van der Waals surface area contributed by atoms with Gasteiger partial charge in [0.15, 0.2) is 5.75 Å². The lowest BCUT2D eigenvalue weighted by Crippen LogP contribution is -2.47. The van der Waals surface area contributed by atoms with E-state index in [1.165, 1.54) is 0 Å². The second-order valence-electron chi connectivity index (χ2n) is 3.86. The van der Waals surface area contributed by atoms with Crippen LogP contribution in [-0.2, 0) is 0 Å². The first kappa shape index (κ1) is 12.9. The predicted molar refractivity (Wildman–Crippen MR) is 69.3 cm³/mol. The largest absolute Gasteiger partial charge is 0.415 e. The van der Waals surface area contributed by atoms with Gasteiger partial charge in [-0.05, 0) is 18.2 Å². The van der Waals surface area contributed by atoms with E-state index in [1.807, 2.05) is 6.07 Å². The van der Waals surface area contributed by atoms with Crippen molar-refractivity contribution in [2.45, 2.75) is 0 Å². The van der Waals surface area contributed by atoms with Crippen LogP contribution in [0.3, 0.4) is 0 Å². The molecule has 1 heterocycles. The summed E-state index contributed by atoms with van der Waals surface area (Å²) < 4.78 is 6.03. The molecule has 0 atom stereocenters. The minimum absolute atomic E-state index is 0.296. The zero-order valence-electron chi connectivity index (χ0n) is 9.65. The number of carbonyl (C=O) groups is 1. The van der Waals surface area contributed by atoms with Crippen LogP contribution in [0.25, 0.3) is 0 Å². The first-order valence-electron chi connectivity index (χ1n) is 5.58. The van der Waals surface area contributed by atoms with Gasteiger partial charge < -0.3 is 15.0 Å². The molecule has 0 aliphatic carbocycles. The third kappa shape index (κ3) is 3.00. The summed E-state index contributed by atoms with van der Waals surface area (Å²) in [4.78, 5) is 13.5. The van der Waals surface area contributed by atoms with E-state index in [0.29, 0.717) is 24.4 Å². The Hall–Kier alpha value is -1.58. The van der Waals surface area contributed by atoms with Gasteiger partial charge in [0.25, 0.3) is 0 Å². The zero-order valence-corrected chi connectivity index (χ0v) is 11.2. The smallest absolute Gasteiger partial charge is 0.409 e. The lowest BCUT2D eigenvalue weighted by atomic mass is 10.2. The van der Waals surface area contributed by atoms with E-state index in [-0.39, 0.29) is 0 Å². The summed E-state index contributed by atoms with van der Waals surface area (Å²) in [5.74, 6) is 0.296. The number of nitrogens with zero attached hydrogens (tertiary/aromatic N) is 2. The number of nitrogens with one attached hydrogen (secondary N) is 1. The minimum Gasteiger partial charge on any atom is -0.409 e. The molecule has 0 radical (unpaired) electrons. The number of ether oxygens (including phenoxy) is 1. The van der Waals surface area contributed by atoms with Crippen LogP contribution in [-0.4, -0.2) is 37.2 Å². The number of halogens is 1. The number of hydrogen-bond donors (Lipinski definition) is 1. The van der Waals surface area contributed by atoms with Crippen LogP contribution in [0.1, 0.15) is 5.56 Å². The van der Waals surface area contributed by atoms with E-state index < -0.39 is 6.09 Å². The number of carbonyl (C=O) groups excluding carboxylic acids is 1. The van der Waals surface area contributed by atoms with Crippen LogP contribution in [0.15, 0.2) is 22.7 Å². The van der Waals surface area contributed by atoms with Gasteiger partial charge in [-0.1, -0.05) is 15.9 Å². The Balaban J connectivity index is 2.09. The number of rotatable bonds is 1. The Bertz CT molecular complexity index is 493. The topological polar surface area (TPSA) is 65.4 Å². The molecule has 0 saturated carbocycles. The maximum Gasteiger partial charge on any atom is 0.415 e. The molecule has 1 fully saturated rings. The molecule has 1 amide bonds. The quantitative estimate of drug-likeness (QED) is 0.858. The molecular weight excluding hydrogens is 298 g/mol. The van der Waals surface area contributed by atoms with Crippen molar-refractivity contribution < 1.29 is 9.53 Å². The normalized spacial score (nSPS) is 15.0. The van der Waals surface area contributed by atoms with Crippen LogP contribution in [0.5, 0.6) is 5.75 Å². The second-order valence-corrected chi connectivity index (χ2v) is 4.77. The van der Waals surface area contributed by atoms with Crippen molar-refractivity contribution in [3.05, 3.63) is 28.2 Å². The molecule has 1 aliphatic heterocycles. The fraction of sp³-hybridized carbons (Fsp3) is 0.333. The highest BCUT2D eigenvalue weighted by Crippen LogP contribution is 2.23. The highest BCUT2D eigenvalue weighted by Gasteiger charge is 2.19. The molecule has 0 aromatic heterocycles. The Morgan fingerprint density at radius 3 is 2.83 bits per heavy atom. The van der Waals surface area contributed by atoms with Crippen molar-refractivity contribution in [1.82, 2.24) is 10.2 Å². The molecule has 0 spiro atoms. The lowest BCUT2D eigenvalue weighted by molar-refractivity contribution is 0.145. The average molecular weight is 310 g/mol. The van der Waals surface area contributed by atoms with Gasteiger partial charge >= 0.3 is 6.09 Å². The predicted octanol–water partition coefficient (Wildman–Crippen LogP) is 1.72. The van der Waals surface area contributed by atoms with E-state index in [0.717, 1.165) is 17.6 Å². The van der Waals surface area contributed by atoms with Gasteiger partial charge in [0, 0.05) is 30.7 Å². The van der Waals surface area contributed by atoms with E-state index in [2.05, 4.69) is 21.2 Å². The molecule has 6 heteroatoms. The van der Waals surface area contributed by atoms with Gasteiger partial charge in [-0.15, -0.1) is 0 Å². The number of piperazine rings is 1. The highest BCUT2D eigenvalue weighted by atomic mass is 79.9. The first-order valence-corrected chi connectivity index (χ1v) is 6.37. The summed E-state index contributed by atoms with van der Waals surface area (Å²) in [6.45, 7) is 2.77. The van der Waals surface area contributed by atoms with Gasteiger partial charge in [-0.25, -0.2) is 4.79 Å². The van der Waals surface area contributed by atoms with E-state index in [9.17, 15) is 4.79 Å². The molecule has 1 aromatic carbocycles. The maximum absolute atomic E-state index is 11.9. The number of benzene rings is 1. The molecule has 94 valence electrons. The van der Waals surface area contributed by atoms with Crippen molar-refractivity contribution in [2.75, 3.05) is 26.2 Å². The van der Waals surface area contributed by atoms with Crippen molar-refractivity contribution in [3.8, 4) is 11.8 Å². The van der Waals surface area contributed by atoms with Crippen LogP contribution in [0, 0.1) is 11.3 Å². The SMILES string of the molecule is N#Cc1cc(Br)ccc1OC(=O)N1CCNCC1. The molecule has 1 saturated heterocycles. The summed E-state index contributed by atoms with van der Waals surface area (Å²) in [5.41, 5.74) is 0.341. The molecule has 1 aliphatic rings. The van der Waals surface area contributed by atoms with Crippen LogP contribution in [0.4, 0.5) is 4.79 Å². The molecule has 5 nitrogen and oxygen atoms in total. The second kappa shape index (κ2) is 5.85. The van der Waals surface area contributed by atoms with Gasteiger partial charge in [0.05, 0.1) is 5.56 Å². The zero-order chi connectivity index (χ0) is 13.0. The van der Waals surface area contributed by atoms with Crippen LogP contribution >= 0.6 is 15.9 Å². The Labute approximate surface area is 113 Å². The molecule has 2 rings (SSSR count). The van der Waals surface area contributed by atoms with Crippen LogP contribution < -0.4 is 10.1 Å². The molecule has 1 aromatic rings. The van der Waals surface area contributed by atoms with Gasteiger partial charge in [-0.2, -0.15) is 5.26 Å². The molecule has 18 heavy (non-hydrogen) atoms. The minimum atomic E-state index is -0.407. The van der Waals surface area contributed by atoms with Gasteiger partial charge in [0.1, 0.15) is 6.07 Å². The summed E-state index contributed by atoms with van der Waals surface area (Å²) in [6, 6.07) is 6.98. The summed E-state index contributed by atoms with van der Waals surface area (Å²) >= 11 is 3.27. The Kier molecular flexibility index (Phi) is 4.18. The third-order valence-electron chi connectivity index (χ3n) is 2.63. The van der Waals surface area contributed by atoms with Crippen molar-refractivity contribution >= 4 is 22.0 Å². The third-order valence-corrected chi connectivity index (χ3v) is 3.13. The monoisotopic (exact) mass is 309 g/mol. The summed E-state index contributed by atoms with van der Waals surface area (Å²) in [7, 11) is 0. The Morgan fingerprint density at radius 1 is 1.44 bits per heavy atom. The highest BCUT2D eigenvalue weighted by molar-refractivity contribution is 9.10. The van der Waals surface area contributed by atoms with Crippen molar-refractivity contribution in [2.24, 2.45) is 0 Å². The van der Waals surface area contributed by atoms with Crippen molar-refractivity contribution in [3.63, 3.8) is 0 Å². The van der Waals surface area contributed by atoms with Crippen molar-refractivity contribution in [1.29, 1.82) is 5.26 Å². The van der Waals surface area contributed by atoms with E-state index >= 15 is 0 Å². The number of amides is 1. The fourth-order valence-electron chi connectivity index (χ4n) is 1.68. The van der Waals surface area contributed by atoms with E-state index in [4.69, 9.17) is 10.00 Å². The standard InChI is InChI=1S/C12H12BrN3O2/c13-10-1-2-11(9(7-10)8-14)18-12(17)16-5-3-15-4-6-16/h1-2,7,15H,3-6H2. The molecule has 0 unspecified atom stereocenters. The number of nitriles is 1. The van der Waals surface area contributed by atoms with Gasteiger partial charge in [0.2, 0.25) is 0 Å². The average Bonchev–Trinajstić information content (AvgIpc) is 2.41. The van der Waals surface area contributed by atoms with E-state index in [1.54, 1.807) is 23.1 Å². The lowest BCUT2D eigenvalue weighted by Gasteiger charge is -2.26. The Morgan fingerprint density at radius 2 is 2.17 bits per heavy atom. The van der Waals surface area contributed by atoms with Crippen LogP contribution in [0.2, 0.25) is 0 Å². The first-order chi connectivity index (χ1) is 8.70. The maximum atomic E-state index is 11.9. The molecule has 1 N–H and O–H groups in total. The summed E-state index contributed by atoms with van der Waals surface area (Å²) in [5, 5.41) is 12.1. The number of hydrogen-bond acceptors (Lipinski definition) is 4. The fourth-order valence-corrected chi connectivity index (χ4v) is 2.05. The molecule has 0 bridgehead atoms. The van der Waals surface area contributed by atoms with Gasteiger partial charge in [-0.3, -0.25) is 0 Å². The molecular formula is C12H12BrN3O2. The summed E-state index contributed by atoms with van der Waals surface area (Å²) in [6.07, 6.45) is -0.407.